The second-order valence-corrected chi connectivity index (χ2v) is 6.15. The lowest BCUT2D eigenvalue weighted by atomic mass is 10.3. The molecule has 0 bridgehead atoms. The zero-order valence-corrected chi connectivity index (χ0v) is 11.6. The number of halogens is 2. The number of carbonyl (C=O) groups is 1. The molecule has 2 rings (SSSR count). The summed E-state index contributed by atoms with van der Waals surface area (Å²) in [6.45, 7) is 0. The lowest BCUT2D eigenvalue weighted by Crippen LogP contribution is -2.10. The molecule has 0 atom stereocenters. The van der Waals surface area contributed by atoms with Crippen molar-refractivity contribution in [3.05, 3.63) is 43.4 Å². The van der Waals surface area contributed by atoms with Crippen LogP contribution in [0.5, 0.6) is 0 Å². The maximum Gasteiger partial charge on any atom is 0.256 e. The van der Waals surface area contributed by atoms with Gasteiger partial charge in [0.05, 0.1) is 8.45 Å². The molecule has 0 fully saturated rings. The predicted molar refractivity (Wildman–Crippen MR) is 74.2 cm³/mol. The van der Waals surface area contributed by atoms with Crippen molar-refractivity contribution in [3.63, 3.8) is 0 Å². The standard InChI is InChI=1S/C10H6ClIN2OS/c11-8-4-7(1-2-13-8)14-10(15)6-3-9(12)16-5-6/h1-5H,(H,13,14,15). The van der Waals surface area contributed by atoms with Crippen molar-refractivity contribution in [2.24, 2.45) is 0 Å². The van der Waals surface area contributed by atoms with Crippen LogP contribution in [0.1, 0.15) is 10.4 Å². The van der Waals surface area contributed by atoms with Crippen molar-refractivity contribution in [1.82, 2.24) is 4.98 Å². The molecule has 1 N–H and O–H groups in total. The van der Waals surface area contributed by atoms with E-state index in [2.05, 4.69) is 32.9 Å². The minimum atomic E-state index is -0.138. The van der Waals surface area contributed by atoms with Crippen molar-refractivity contribution >= 4 is 57.1 Å². The Morgan fingerprint density at radius 2 is 2.31 bits per heavy atom. The minimum Gasteiger partial charge on any atom is -0.322 e. The Hall–Kier alpha value is -0.660. The molecule has 2 aromatic rings. The van der Waals surface area contributed by atoms with Gasteiger partial charge in [-0.3, -0.25) is 4.79 Å². The molecule has 0 unspecified atom stereocenters. The first-order chi connectivity index (χ1) is 7.65. The fourth-order valence-electron chi connectivity index (χ4n) is 1.11. The van der Waals surface area contributed by atoms with Crippen LogP contribution in [-0.4, -0.2) is 10.9 Å². The summed E-state index contributed by atoms with van der Waals surface area (Å²) in [6, 6.07) is 5.14. The largest absolute Gasteiger partial charge is 0.322 e. The highest BCUT2D eigenvalue weighted by atomic mass is 127. The molecular formula is C10H6ClIN2OS. The van der Waals surface area contributed by atoms with Crippen LogP contribution in [0.3, 0.4) is 0 Å². The van der Waals surface area contributed by atoms with E-state index in [4.69, 9.17) is 11.6 Å². The van der Waals surface area contributed by atoms with Crippen molar-refractivity contribution in [1.29, 1.82) is 0 Å². The normalized spacial score (nSPS) is 10.1. The first-order valence-electron chi connectivity index (χ1n) is 4.32. The predicted octanol–water partition coefficient (Wildman–Crippen LogP) is 3.65. The Bertz CT molecular complexity index is 529. The monoisotopic (exact) mass is 364 g/mol. The van der Waals surface area contributed by atoms with Gasteiger partial charge in [-0.25, -0.2) is 4.98 Å². The summed E-state index contributed by atoms with van der Waals surface area (Å²) in [5.74, 6) is -0.138. The van der Waals surface area contributed by atoms with E-state index < -0.39 is 0 Å². The van der Waals surface area contributed by atoms with Gasteiger partial charge >= 0.3 is 0 Å². The molecule has 0 saturated heterocycles. The summed E-state index contributed by atoms with van der Waals surface area (Å²) in [7, 11) is 0. The van der Waals surface area contributed by atoms with Gasteiger partial charge in [0.25, 0.3) is 5.91 Å². The van der Waals surface area contributed by atoms with Gasteiger partial charge in [-0.15, -0.1) is 11.3 Å². The van der Waals surface area contributed by atoms with Gasteiger partial charge in [-0.2, -0.15) is 0 Å². The topological polar surface area (TPSA) is 42.0 Å². The van der Waals surface area contributed by atoms with Crippen molar-refractivity contribution in [2.45, 2.75) is 0 Å². The molecule has 0 radical (unpaired) electrons. The molecule has 6 heteroatoms. The lowest BCUT2D eigenvalue weighted by molar-refractivity contribution is 0.102. The number of hydrogen-bond donors (Lipinski definition) is 1. The second kappa shape index (κ2) is 5.11. The van der Waals surface area contributed by atoms with E-state index >= 15 is 0 Å². The smallest absolute Gasteiger partial charge is 0.256 e. The summed E-state index contributed by atoms with van der Waals surface area (Å²) >= 11 is 9.43. The molecule has 0 saturated carbocycles. The summed E-state index contributed by atoms with van der Waals surface area (Å²) in [5.41, 5.74) is 1.30. The fourth-order valence-corrected chi connectivity index (χ4v) is 2.61. The van der Waals surface area contributed by atoms with Crippen LogP contribution in [0.15, 0.2) is 29.8 Å². The number of amides is 1. The number of carbonyl (C=O) groups excluding carboxylic acids is 1. The zero-order valence-electron chi connectivity index (χ0n) is 7.91. The van der Waals surface area contributed by atoms with Crippen molar-refractivity contribution < 1.29 is 4.79 Å². The summed E-state index contributed by atoms with van der Waals surface area (Å²) in [5, 5.41) is 4.93. The number of rotatable bonds is 2. The third-order valence-electron chi connectivity index (χ3n) is 1.81. The minimum absolute atomic E-state index is 0.138. The molecule has 2 aromatic heterocycles. The molecule has 0 aliphatic rings. The highest BCUT2D eigenvalue weighted by Crippen LogP contribution is 2.18. The van der Waals surface area contributed by atoms with Crippen LogP contribution < -0.4 is 5.32 Å². The maximum atomic E-state index is 11.8. The Balaban J connectivity index is 2.13. The van der Waals surface area contributed by atoms with E-state index in [1.54, 1.807) is 18.3 Å². The van der Waals surface area contributed by atoms with Gasteiger partial charge < -0.3 is 5.32 Å². The van der Waals surface area contributed by atoms with E-state index in [0.717, 1.165) is 2.88 Å². The Labute approximate surface area is 115 Å². The quantitative estimate of drug-likeness (QED) is 0.653. The van der Waals surface area contributed by atoms with Gasteiger partial charge in [0.1, 0.15) is 5.15 Å². The van der Waals surface area contributed by atoms with Gasteiger partial charge in [0.15, 0.2) is 0 Å². The number of pyridine rings is 1. The average Bonchev–Trinajstić information content (AvgIpc) is 2.65. The molecule has 0 aliphatic carbocycles. The maximum absolute atomic E-state index is 11.8. The summed E-state index contributed by atoms with van der Waals surface area (Å²) in [6.07, 6.45) is 1.55. The fraction of sp³-hybridized carbons (Fsp3) is 0. The Morgan fingerprint density at radius 1 is 1.50 bits per heavy atom. The SMILES string of the molecule is O=C(Nc1ccnc(Cl)c1)c1csc(I)c1. The number of anilines is 1. The second-order valence-electron chi connectivity index (χ2n) is 2.96. The van der Waals surface area contributed by atoms with E-state index in [9.17, 15) is 4.79 Å². The Morgan fingerprint density at radius 3 is 2.94 bits per heavy atom. The van der Waals surface area contributed by atoms with Crippen LogP contribution >= 0.6 is 45.5 Å². The summed E-state index contributed by atoms with van der Waals surface area (Å²) in [4.78, 5) is 15.6. The van der Waals surface area contributed by atoms with Crippen LogP contribution in [0, 0.1) is 2.88 Å². The van der Waals surface area contributed by atoms with Crippen LogP contribution in [-0.2, 0) is 0 Å². The molecule has 82 valence electrons. The molecule has 3 nitrogen and oxygen atoms in total. The van der Waals surface area contributed by atoms with Gasteiger partial charge in [0.2, 0.25) is 0 Å². The molecule has 0 aromatic carbocycles. The lowest BCUT2D eigenvalue weighted by Gasteiger charge is -2.02. The van der Waals surface area contributed by atoms with Crippen molar-refractivity contribution in [3.8, 4) is 0 Å². The molecule has 1 amide bonds. The van der Waals surface area contributed by atoms with E-state index in [-0.39, 0.29) is 5.91 Å². The Kier molecular flexibility index (Phi) is 3.78. The average molecular weight is 365 g/mol. The van der Waals surface area contributed by atoms with Crippen LogP contribution in [0.2, 0.25) is 5.15 Å². The van der Waals surface area contributed by atoms with Crippen LogP contribution in [0.25, 0.3) is 0 Å². The number of nitrogens with zero attached hydrogens (tertiary/aromatic N) is 1. The van der Waals surface area contributed by atoms with Gasteiger partial charge in [-0.05, 0) is 40.8 Å². The van der Waals surface area contributed by atoms with E-state index in [0.29, 0.717) is 16.4 Å². The highest BCUT2D eigenvalue weighted by Gasteiger charge is 2.08. The number of thiophene rings is 1. The molecule has 16 heavy (non-hydrogen) atoms. The summed E-state index contributed by atoms with van der Waals surface area (Å²) < 4.78 is 1.08. The number of aromatic nitrogens is 1. The first kappa shape index (κ1) is 11.8. The van der Waals surface area contributed by atoms with Crippen LogP contribution in [0.4, 0.5) is 5.69 Å². The molecular weight excluding hydrogens is 359 g/mol. The highest BCUT2D eigenvalue weighted by molar-refractivity contribution is 14.1. The third kappa shape index (κ3) is 2.93. The van der Waals surface area contributed by atoms with Gasteiger partial charge in [0, 0.05) is 17.3 Å². The molecule has 0 spiro atoms. The first-order valence-corrected chi connectivity index (χ1v) is 6.66. The van der Waals surface area contributed by atoms with E-state index in [1.807, 2.05) is 11.4 Å². The number of nitrogens with one attached hydrogen (secondary N) is 1. The zero-order chi connectivity index (χ0) is 11.5. The third-order valence-corrected chi connectivity index (χ3v) is 3.81. The number of hydrogen-bond acceptors (Lipinski definition) is 3. The van der Waals surface area contributed by atoms with Gasteiger partial charge in [-0.1, -0.05) is 11.6 Å². The van der Waals surface area contributed by atoms with E-state index in [1.165, 1.54) is 11.3 Å². The molecule has 2 heterocycles. The molecule has 0 aliphatic heterocycles. The van der Waals surface area contributed by atoms with Crippen molar-refractivity contribution in [2.75, 3.05) is 5.32 Å².